The third-order valence-corrected chi connectivity index (χ3v) is 2.99. The summed E-state index contributed by atoms with van der Waals surface area (Å²) in [6, 6.07) is 0. The molecule has 1 aliphatic rings. The van der Waals surface area contributed by atoms with Crippen LogP contribution in [-0.2, 0) is 14.4 Å². The van der Waals surface area contributed by atoms with Gasteiger partial charge in [-0.1, -0.05) is 0 Å². The monoisotopic (exact) mass is 272 g/mol. The number of hydrogen-bond donors (Lipinski definition) is 4. The number of carbonyl (C=O) groups excluding carboxylic acids is 2. The van der Waals surface area contributed by atoms with Crippen molar-refractivity contribution < 1.29 is 19.5 Å². The molecule has 5 N–H and O–H groups in total. The molecular formula is C11H20N4O4. The molecule has 0 saturated carbocycles. The summed E-state index contributed by atoms with van der Waals surface area (Å²) in [5, 5.41) is 14.2. The minimum Gasteiger partial charge on any atom is -0.480 e. The van der Waals surface area contributed by atoms with Crippen LogP contribution in [-0.4, -0.2) is 66.1 Å². The third-order valence-electron chi connectivity index (χ3n) is 2.99. The van der Waals surface area contributed by atoms with E-state index in [4.69, 9.17) is 10.8 Å². The maximum Gasteiger partial charge on any atom is 0.325 e. The quantitative estimate of drug-likeness (QED) is 0.404. The first-order chi connectivity index (χ1) is 8.83. The predicted molar refractivity (Wildman–Crippen MR) is 67.3 cm³/mol. The van der Waals surface area contributed by atoms with Gasteiger partial charge in [-0.2, -0.15) is 0 Å². The van der Waals surface area contributed by atoms with Crippen LogP contribution in [0.3, 0.4) is 0 Å². The number of carbonyl (C=O) groups is 3. The number of hydrogen-bond acceptors (Lipinski definition) is 5. The Labute approximate surface area is 111 Å². The van der Waals surface area contributed by atoms with Crippen molar-refractivity contribution in [2.24, 2.45) is 5.73 Å². The number of nitrogens with zero attached hydrogens (tertiary/aromatic N) is 1. The van der Waals surface area contributed by atoms with Crippen LogP contribution in [0.1, 0.15) is 13.3 Å². The Kier molecular flexibility index (Phi) is 5.25. The number of nitrogens with one attached hydrogen (secondary N) is 2. The van der Waals surface area contributed by atoms with E-state index < -0.39 is 11.5 Å². The lowest BCUT2D eigenvalue weighted by atomic mass is 10.0. The number of nitrogens with two attached hydrogens (primary N) is 1. The van der Waals surface area contributed by atoms with Gasteiger partial charge in [-0.15, -0.1) is 0 Å². The number of aliphatic carboxylic acids is 1. The number of rotatable bonds is 6. The van der Waals surface area contributed by atoms with E-state index in [9.17, 15) is 14.4 Å². The number of likely N-dealkylation sites (tertiary alicyclic amines) is 1. The molecule has 1 fully saturated rings. The van der Waals surface area contributed by atoms with Crippen molar-refractivity contribution in [2.45, 2.75) is 18.9 Å². The van der Waals surface area contributed by atoms with E-state index in [0.717, 1.165) is 0 Å². The van der Waals surface area contributed by atoms with Gasteiger partial charge in [0.1, 0.15) is 5.54 Å². The summed E-state index contributed by atoms with van der Waals surface area (Å²) in [4.78, 5) is 34.8. The molecule has 0 aromatic rings. The second-order valence-electron chi connectivity index (χ2n) is 4.75. The second-order valence-corrected chi connectivity index (χ2v) is 4.75. The van der Waals surface area contributed by atoms with Gasteiger partial charge >= 0.3 is 5.97 Å². The Morgan fingerprint density at radius 3 is 2.47 bits per heavy atom. The van der Waals surface area contributed by atoms with Crippen molar-refractivity contribution in [3.05, 3.63) is 0 Å². The summed E-state index contributed by atoms with van der Waals surface area (Å²) in [6.07, 6.45) is 0.335. The fraction of sp³-hybridized carbons (Fsp3) is 0.727. The molecular weight excluding hydrogens is 252 g/mol. The summed E-state index contributed by atoms with van der Waals surface area (Å²) in [5.41, 5.74) is 4.45. The van der Waals surface area contributed by atoms with E-state index in [1.54, 1.807) is 4.90 Å². The molecule has 8 nitrogen and oxygen atoms in total. The Balaban J connectivity index is 2.23. The predicted octanol–water partition coefficient (Wildman–Crippen LogP) is -2.27. The first kappa shape index (κ1) is 15.4. The van der Waals surface area contributed by atoms with Crippen molar-refractivity contribution in [1.29, 1.82) is 0 Å². The Morgan fingerprint density at radius 2 is 1.95 bits per heavy atom. The number of carboxylic acids is 1. The van der Waals surface area contributed by atoms with E-state index in [2.05, 4.69) is 10.6 Å². The highest BCUT2D eigenvalue weighted by Crippen LogP contribution is 2.18. The molecule has 0 aliphatic carbocycles. The van der Waals surface area contributed by atoms with Crippen molar-refractivity contribution in [1.82, 2.24) is 15.5 Å². The highest BCUT2D eigenvalue weighted by Gasteiger charge is 2.41. The zero-order valence-electron chi connectivity index (χ0n) is 10.9. The fourth-order valence-electron chi connectivity index (χ4n) is 1.92. The van der Waals surface area contributed by atoms with Crippen LogP contribution in [0.2, 0.25) is 0 Å². The maximum absolute atomic E-state index is 11.6. The lowest BCUT2D eigenvalue weighted by molar-refractivity contribution is -0.143. The second kappa shape index (κ2) is 6.48. The van der Waals surface area contributed by atoms with Crippen LogP contribution in [0, 0.1) is 0 Å². The number of carboxylic acid groups (broad SMARTS) is 1. The lowest BCUT2D eigenvalue weighted by Crippen LogP contribution is -2.51. The fourth-order valence-corrected chi connectivity index (χ4v) is 1.92. The molecule has 1 saturated heterocycles. The Morgan fingerprint density at radius 1 is 1.32 bits per heavy atom. The molecule has 0 bridgehead atoms. The smallest absolute Gasteiger partial charge is 0.325 e. The highest BCUT2D eigenvalue weighted by atomic mass is 16.4. The molecule has 1 unspecified atom stereocenters. The largest absolute Gasteiger partial charge is 0.480 e. The summed E-state index contributed by atoms with van der Waals surface area (Å²) in [5.74, 6) is -1.40. The van der Waals surface area contributed by atoms with Crippen molar-refractivity contribution in [3.8, 4) is 0 Å². The lowest BCUT2D eigenvalue weighted by Gasteiger charge is -2.19. The summed E-state index contributed by atoms with van der Waals surface area (Å²) in [7, 11) is 0. The summed E-state index contributed by atoms with van der Waals surface area (Å²) in [6.45, 7) is 2.89. The molecule has 0 spiro atoms. The van der Waals surface area contributed by atoms with Gasteiger partial charge in [0, 0.05) is 33.1 Å². The van der Waals surface area contributed by atoms with E-state index in [-0.39, 0.29) is 24.9 Å². The van der Waals surface area contributed by atoms with Crippen LogP contribution < -0.4 is 16.4 Å². The van der Waals surface area contributed by atoms with Gasteiger partial charge in [-0.3, -0.25) is 19.3 Å². The van der Waals surface area contributed by atoms with Crippen molar-refractivity contribution >= 4 is 17.8 Å². The molecule has 108 valence electrons. The van der Waals surface area contributed by atoms with Crippen LogP contribution in [0.4, 0.5) is 0 Å². The Hall–Kier alpha value is -1.67. The average Bonchev–Trinajstić information content (AvgIpc) is 2.67. The van der Waals surface area contributed by atoms with Crippen molar-refractivity contribution in [3.63, 3.8) is 0 Å². The molecule has 0 radical (unpaired) electrons. The average molecular weight is 272 g/mol. The summed E-state index contributed by atoms with van der Waals surface area (Å²) < 4.78 is 0. The molecule has 1 atom stereocenters. The van der Waals surface area contributed by atoms with E-state index in [0.29, 0.717) is 26.1 Å². The standard InChI is InChI=1S/C11H20N4O4/c1-8(16)13-3-4-14-9(17)6-15-5-2-11(12,7-15)10(18)19/h2-7,12H2,1H3,(H,13,16)(H,14,17)(H,18,19). The van der Waals surface area contributed by atoms with E-state index in [1.807, 2.05) is 0 Å². The first-order valence-electron chi connectivity index (χ1n) is 6.09. The third kappa shape index (κ3) is 4.84. The van der Waals surface area contributed by atoms with Crippen LogP contribution >= 0.6 is 0 Å². The van der Waals surface area contributed by atoms with E-state index >= 15 is 0 Å². The number of amides is 2. The van der Waals surface area contributed by atoms with Crippen LogP contribution in [0.15, 0.2) is 0 Å². The van der Waals surface area contributed by atoms with Gasteiger partial charge in [0.2, 0.25) is 11.8 Å². The van der Waals surface area contributed by atoms with Gasteiger partial charge in [-0.25, -0.2) is 0 Å². The molecule has 19 heavy (non-hydrogen) atoms. The molecule has 2 amide bonds. The molecule has 8 heteroatoms. The molecule has 0 aromatic carbocycles. The normalized spacial score (nSPS) is 23.1. The highest BCUT2D eigenvalue weighted by molar-refractivity contribution is 5.81. The molecule has 0 aromatic heterocycles. The van der Waals surface area contributed by atoms with Gasteiger partial charge in [0.15, 0.2) is 0 Å². The Bertz CT molecular complexity index is 374. The van der Waals surface area contributed by atoms with E-state index in [1.165, 1.54) is 6.92 Å². The maximum atomic E-state index is 11.6. The molecule has 1 aliphatic heterocycles. The van der Waals surface area contributed by atoms with Crippen LogP contribution in [0.25, 0.3) is 0 Å². The van der Waals surface area contributed by atoms with Gasteiger partial charge in [-0.05, 0) is 6.42 Å². The zero-order valence-corrected chi connectivity index (χ0v) is 10.9. The van der Waals surface area contributed by atoms with Crippen molar-refractivity contribution in [2.75, 3.05) is 32.7 Å². The minimum absolute atomic E-state index is 0.117. The van der Waals surface area contributed by atoms with Gasteiger partial charge < -0.3 is 21.5 Å². The van der Waals surface area contributed by atoms with Gasteiger partial charge in [0.05, 0.1) is 6.54 Å². The first-order valence-corrected chi connectivity index (χ1v) is 6.09. The van der Waals surface area contributed by atoms with Gasteiger partial charge in [0.25, 0.3) is 0 Å². The van der Waals surface area contributed by atoms with Crippen LogP contribution in [0.5, 0.6) is 0 Å². The molecule has 1 rings (SSSR count). The SMILES string of the molecule is CC(=O)NCCNC(=O)CN1CCC(N)(C(=O)O)C1. The minimum atomic E-state index is -1.25. The zero-order chi connectivity index (χ0) is 14.5. The topological polar surface area (TPSA) is 125 Å². The summed E-state index contributed by atoms with van der Waals surface area (Å²) >= 11 is 0. The molecule has 1 heterocycles.